The molecule has 2 aliphatic rings. The lowest BCUT2D eigenvalue weighted by Crippen LogP contribution is -2.48. The SMILES string of the molecule is O=C(c1ccc(CN2CCCC2)cc1)N1CCN(c2ccc(F)cc2)CC1. The molecule has 0 saturated carbocycles. The molecule has 0 radical (unpaired) electrons. The normalized spacial score (nSPS) is 18.1. The molecule has 2 aromatic rings. The highest BCUT2D eigenvalue weighted by molar-refractivity contribution is 5.94. The minimum Gasteiger partial charge on any atom is -0.368 e. The van der Waals surface area contributed by atoms with Gasteiger partial charge in [-0.1, -0.05) is 12.1 Å². The molecular formula is C22H26FN3O. The van der Waals surface area contributed by atoms with Gasteiger partial charge >= 0.3 is 0 Å². The summed E-state index contributed by atoms with van der Waals surface area (Å²) in [6.45, 7) is 6.25. The quantitative estimate of drug-likeness (QED) is 0.829. The molecule has 27 heavy (non-hydrogen) atoms. The Balaban J connectivity index is 1.32. The van der Waals surface area contributed by atoms with E-state index in [1.807, 2.05) is 17.0 Å². The first-order valence-electron chi connectivity index (χ1n) is 9.80. The zero-order valence-corrected chi connectivity index (χ0v) is 15.6. The highest BCUT2D eigenvalue weighted by Crippen LogP contribution is 2.19. The molecule has 0 aromatic heterocycles. The smallest absolute Gasteiger partial charge is 0.253 e. The largest absolute Gasteiger partial charge is 0.368 e. The van der Waals surface area contributed by atoms with Crippen LogP contribution in [0.2, 0.25) is 0 Å². The fourth-order valence-corrected chi connectivity index (χ4v) is 3.95. The lowest BCUT2D eigenvalue weighted by molar-refractivity contribution is 0.0747. The number of hydrogen-bond donors (Lipinski definition) is 0. The van der Waals surface area contributed by atoms with Crippen LogP contribution < -0.4 is 4.90 Å². The van der Waals surface area contributed by atoms with Crippen LogP contribution in [-0.4, -0.2) is 55.0 Å². The van der Waals surface area contributed by atoms with Crippen molar-refractivity contribution in [2.24, 2.45) is 0 Å². The van der Waals surface area contributed by atoms with Crippen molar-refractivity contribution in [3.05, 3.63) is 65.5 Å². The Bertz CT molecular complexity index is 761. The van der Waals surface area contributed by atoms with E-state index in [2.05, 4.69) is 21.9 Å². The summed E-state index contributed by atoms with van der Waals surface area (Å²) < 4.78 is 13.1. The number of piperazine rings is 1. The highest BCUT2D eigenvalue weighted by atomic mass is 19.1. The molecule has 5 heteroatoms. The average molecular weight is 367 g/mol. The second-order valence-corrected chi connectivity index (χ2v) is 7.44. The molecule has 2 aromatic carbocycles. The molecule has 2 saturated heterocycles. The number of nitrogens with zero attached hydrogens (tertiary/aromatic N) is 3. The van der Waals surface area contributed by atoms with Crippen molar-refractivity contribution in [3.8, 4) is 0 Å². The first-order chi connectivity index (χ1) is 13.2. The second kappa shape index (κ2) is 8.09. The van der Waals surface area contributed by atoms with E-state index in [0.29, 0.717) is 13.1 Å². The Kier molecular flexibility index (Phi) is 5.39. The number of amides is 1. The van der Waals surface area contributed by atoms with Crippen LogP contribution in [0.25, 0.3) is 0 Å². The van der Waals surface area contributed by atoms with Crippen LogP contribution in [0, 0.1) is 5.82 Å². The van der Waals surface area contributed by atoms with Crippen molar-refractivity contribution in [3.63, 3.8) is 0 Å². The maximum absolute atomic E-state index is 13.1. The molecule has 0 unspecified atom stereocenters. The lowest BCUT2D eigenvalue weighted by atomic mass is 10.1. The predicted molar refractivity (Wildman–Crippen MR) is 105 cm³/mol. The number of carbonyl (C=O) groups is 1. The zero-order chi connectivity index (χ0) is 18.6. The van der Waals surface area contributed by atoms with Crippen molar-refractivity contribution >= 4 is 11.6 Å². The summed E-state index contributed by atoms with van der Waals surface area (Å²) in [5.74, 6) is -0.123. The van der Waals surface area contributed by atoms with E-state index < -0.39 is 0 Å². The van der Waals surface area contributed by atoms with E-state index in [0.717, 1.165) is 30.9 Å². The van der Waals surface area contributed by atoms with Gasteiger partial charge < -0.3 is 9.80 Å². The molecule has 2 fully saturated rings. The van der Waals surface area contributed by atoms with Crippen LogP contribution in [-0.2, 0) is 6.54 Å². The van der Waals surface area contributed by atoms with Gasteiger partial charge in [0.05, 0.1) is 0 Å². The molecule has 0 bridgehead atoms. The Morgan fingerprint density at radius 3 is 2.07 bits per heavy atom. The summed E-state index contributed by atoms with van der Waals surface area (Å²) in [5, 5.41) is 0. The maximum Gasteiger partial charge on any atom is 0.253 e. The third-order valence-corrected chi connectivity index (χ3v) is 5.56. The van der Waals surface area contributed by atoms with Crippen LogP contribution in [0.4, 0.5) is 10.1 Å². The van der Waals surface area contributed by atoms with Gasteiger partial charge in [0.1, 0.15) is 5.82 Å². The Hall–Kier alpha value is -2.40. The first kappa shape index (κ1) is 18.0. The summed E-state index contributed by atoms with van der Waals surface area (Å²) in [7, 11) is 0. The number of benzene rings is 2. The first-order valence-corrected chi connectivity index (χ1v) is 9.80. The standard InChI is InChI=1S/C22H26FN3O/c23-20-7-9-21(10-8-20)25-13-15-26(16-14-25)22(27)19-5-3-18(4-6-19)17-24-11-1-2-12-24/h3-10H,1-2,11-17H2. The molecule has 0 spiro atoms. The van der Waals surface area contributed by atoms with Gasteiger partial charge in [-0.25, -0.2) is 4.39 Å². The molecule has 0 aliphatic carbocycles. The summed E-state index contributed by atoms with van der Waals surface area (Å²) in [4.78, 5) is 19.4. The van der Waals surface area contributed by atoms with Gasteiger partial charge in [0.25, 0.3) is 5.91 Å². The molecule has 142 valence electrons. The minimum absolute atomic E-state index is 0.0986. The molecule has 0 N–H and O–H groups in total. The Morgan fingerprint density at radius 2 is 1.44 bits per heavy atom. The van der Waals surface area contributed by atoms with Crippen LogP contribution >= 0.6 is 0 Å². The molecule has 4 rings (SSSR count). The molecular weight excluding hydrogens is 341 g/mol. The number of likely N-dealkylation sites (tertiary alicyclic amines) is 1. The van der Waals surface area contributed by atoms with Crippen molar-refractivity contribution in [2.45, 2.75) is 19.4 Å². The van der Waals surface area contributed by atoms with Crippen molar-refractivity contribution in [1.82, 2.24) is 9.80 Å². The zero-order valence-electron chi connectivity index (χ0n) is 15.6. The van der Waals surface area contributed by atoms with Gasteiger partial charge in [0.15, 0.2) is 0 Å². The van der Waals surface area contributed by atoms with E-state index in [-0.39, 0.29) is 11.7 Å². The number of hydrogen-bond acceptors (Lipinski definition) is 3. The molecule has 1 amide bonds. The van der Waals surface area contributed by atoms with Gasteiger partial charge in [-0.3, -0.25) is 9.69 Å². The maximum atomic E-state index is 13.1. The van der Waals surface area contributed by atoms with Gasteiger partial charge in [-0.05, 0) is 67.9 Å². The van der Waals surface area contributed by atoms with E-state index in [9.17, 15) is 9.18 Å². The third kappa shape index (κ3) is 4.30. The summed E-state index contributed by atoms with van der Waals surface area (Å²) in [5.41, 5.74) is 3.04. The van der Waals surface area contributed by atoms with Crippen LogP contribution in [0.3, 0.4) is 0 Å². The second-order valence-electron chi connectivity index (χ2n) is 7.44. The Morgan fingerprint density at radius 1 is 0.815 bits per heavy atom. The fraction of sp³-hybridized carbons (Fsp3) is 0.409. The van der Waals surface area contributed by atoms with Crippen LogP contribution in [0.1, 0.15) is 28.8 Å². The monoisotopic (exact) mass is 367 g/mol. The molecule has 0 atom stereocenters. The number of rotatable bonds is 4. The average Bonchev–Trinajstić information content (AvgIpc) is 3.22. The number of carbonyl (C=O) groups excluding carboxylic acids is 1. The molecule has 2 aliphatic heterocycles. The molecule has 2 heterocycles. The van der Waals surface area contributed by atoms with E-state index in [4.69, 9.17) is 0 Å². The topological polar surface area (TPSA) is 26.8 Å². The fourth-order valence-electron chi connectivity index (χ4n) is 3.95. The number of halogens is 1. The van der Waals surface area contributed by atoms with Gasteiger partial charge in [0.2, 0.25) is 0 Å². The lowest BCUT2D eigenvalue weighted by Gasteiger charge is -2.36. The van der Waals surface area contributed by atoms with Crippen LogP contribution in [0.5, 0.6) is 0 Å². The highest BCUT2D eigenvalue weighted by Gasteiger charge is 2.22. The van der Waals surface area contributed by atoms with E-state index in [1.165, 1.54) is 43.6 Å². The summed E-state index contributed by atoms with van der Waals surface area (Å²) >= 11 is 0. The van der Waals surface area contributed by atoms with E-state index in [1.54, 1.807) is 12.1 Å². The van der Waals surface area contributed by atoms with Gasteiger partial charge in [-0.15, -0.1) is 0 Å². The van der Waals surface area contributed by atoms with Crippen LogP contribution in [0.15, 0.2) is 48.5 Å². The number of anilines is 1. The van der Waals surface area contributed by atoms with Gasteiger partial charge in [0, 0.05) is 44.0 Å². The summed E-state index contributed by atoms with van der Waals surface area (Å²) in [6, 6.07) is 14.6. The molecule has 4 nitrogen and oxygen atoms in total. The third-order valence-electron chi connectivity index (χ3n) is 5.56. The van der Waals surface area contributed by atoms with E-state index >= 15 is 0 Å². The van der Waals surface area contributed by atoms with Gasteiger partial charge in [-0.2, -0.15) is 0 Å². The predicted octanol–water partition coefficient (Wildman–Crippen LogP) is 3.38. The Labute approximate surface area is 160 Å². The van der Waals surface area contributed by atoms with Crippen molar-refractivity contribution in [2.75, 3.05) is 44.2 Å². The minimum atomic E-state index is -0.222. The van der Waals surface area contributed by atoms with Crippen molar-refractivity contribution < 1.29 is 9.18 Å². The van der Waals surface area contributed by atoms with Crippen molar-refractivity contribution in [1.29, 1.82) is 0 Å². The summed E-state index contributed by atoms with van der Waals surface area (Å²) in [6.07, 6.45) is 2.58.